The summed E-state index contributed by atoms with van der Waals surface area (Å²) in [7, 11) is 1.61. The van der Waals surface area contributed by atoms with Crippen LogP contribution >= 0.6 is 0 Å². The molecular formula is C12H22N4O2. The Balaban J connectivity index is 4.19. The van der Waals surface area contributed by atoms with Crippen LogP contribution in [-0.4, -0.2) is 42.4 Å². The number of likely N-dealkylation sites (N-methyl/N-ethyl adjacent to an activating group) is 1. The molecule has 0 fully saturated rings. The third-order valence-electron chi connectivity index (χ3n) is 2.88. The van der Waals surface area contributed by atoms with E-state index in [9.17, 15) is 9.59 Å². The van der Waals surface area contributed by atoms with Crippen molar-refractivity contribution in [1.82, 2.24) is 10.2 Å². The number of nitrogens with two attached hydrogens (primary N) is 1. The van der Waals surface area contributed by atoms with E-state index in [4.69, 9.17) is 11.0 Å². The Bertz CT molecular complexity index is 335. The molecule has 0 bridgehead atoms. The van der Waals surface area contributed by atoms with Crippen molar-refractivity contribution in [2.24, 2.45) is 11.7 Å². The van der Waals surface area contributed by atoms with Crippen LogP contribution in [0.25, 0.3) is 0 Å². The lowest BCUT2D eigenvalue weighted by molar-refractivity contribution is -0.133. The van der Waals surface area contributed by atoms with Gasteiger partial charge in [-0.05, 0) is 12.8 Å². The maximum Gasteiger partial charge on any atom is 0.241 e. The van der Waals surface area contributed by atoms with Gasteiger partial charge in [0.25, 0.3) is 0 Å². The van der Waals surface area contributed by atoms with Crippen molar-refractivity contribution in [2.45, 2.75) is 39.3 Å². The molecule has 0 aliphatic rings. The number of nitriles is 1. The lowest BCUT2D eigenvalue weighted by Crippen LogP contribution is -2.48. The lowest BCUT2D eigenvalue weighted by Gasteiger charge is -2.23. The predicted octanol–water partition coefficient (Wildman–Crippen LogP) is -0.154. The quantitative estimate of drug-likeness (QED) is 0.688. The van der Waals surface area contributed by atoms with Gasteiger partial charge in [-0.25, -0.2) is 0 Å². The average Bonchev–Trinajstić information content (AvgIpc) is 2.33. The van der Waals surface area contributed by atoms with Crippen molar-refractivity contribution in [2.75, 3.05) is 13.6 Å². The maximum absolute atomic E-state index is 11.7. The first kappa shape index (κ1) is 16.4. The summed E-state index contributed by atoms with van der Waals surface area (Å²) >= 11 is 0. The van der Waals surface area contributed by atoms with Crippen LogP contribution in [0.3, 0.4) is 0 Å². The molecule has 0 spiro atoms. The molecule has 18 heavy (non-hydrogen) atoms. The Hall–Kier alpha value is -1.61. The van der Waals surface area contributed by atoms with Crippen molar-refractivity contribution in [3.05, 3.63) is 0 Å². The minimum Gasteiger partial charge on any atom is -0.346 e. The molecule has 0 heterocycles. The zero-order valence-corrected chi connectivity index (χ0v) is 11.4. The molecule has 0 aromatic rings. The van der Waals surface area contributed by atoms with E-state index >= 15 is 0 Å². The van der Waals surface area contributed by atoms with Gasteiger partial charge < -0.3 is 16.0 Å². The van der Waals surface area contributed by atoms with E-state index < -0.39 is 6.04 Å². The van der Waals surface area contributed by atoms with Crippen molar-refractivity contribution in [1.29, 1.82) is 5.26 Å². The highest BCUT2D eigenvalue weighted by atomic mass is 16.2. The van der Waals surface area contributed by atoms with Crippen LogP contribution in [0.1, 0.15) is 27.2 Å². The summed E-state index contributed by atoms with van der Waals surface area (Å²) in [4.78, 5) is 24.7. The number of amides is 2. The van der Waals surface area contributed by atoms with Gasteiger partial charge in [0.2, 0.25) is 11.8 Å². The first-order valence-corrected chi connectivity index (χ1v) is 5.97. The van der Waals surface area contributed by atoms with E-state index in [2.05, 4.69) is 5.32 Å². The predicted molar refractivity (Wildman–Crippen MR) is 68.3 cm³/mol. The molecule has 0 aromatic heterocycles. The summed E-state index contributed by atoms with van der Waals surface area (Å²) in [6.45, 7) is 5.37. The van der Waals surface area contributed by atoms with Gasteiger partial charge in [-0.3, -0.25) is 9.59 Å². The topological polar surface area (TPSA) is 99.2 Å². The summed E-state index contributed by atoms with van der Waals surface area (Å²) in [5, 5.41) is 11.0. The molecule has 3 N–H and O–H groups in total. The van der Waals surface area contributed by atoms with E-state index in [-0.39, 0.29) is 36.7 Å². The average molecular weight is 254 g/mol. The Labute approximate surface area is 108 Å². The highest BCUT2D eigenvalue weighted by molar-refractivity contribution is 5.87. The maximum atomic E-state index is 11.7. The zero-order chi connectivity index (χ0) is 14.3. The van der Waals surface area contributed by atoms with Crippen molar-refractivity contribution < 1.29 is 9.59 Å². The number of nitrogens with zero attached hydrogens (tertiary/aromatic N) is 2. The fourth-order valence-electron chi connectivity index (χ4n) is 1.22. The van der Waals surface area contributed by atoms with Crippen LogP contribution in [-0.2, 0) is 9.59 Å². The molecule has 0 saturated heterocycles. The third kappa shape index (κ3) is 5.15. The minimum atomic E-state index is -0.611. The summed E-state index contributed by atoms with van der Waals surface area (Å²) in [5.74, 6) is -0.544. The molecular weight excluding hydrogens is 232 g/mol. The summed E-state index contributed by atoms with van der Waals surface area (Å²) in [5.41, 5.74) is 5.65. The molecule has 0 aliphatic heterocycles. The number of rotatable bonds is 6. The second-order valence-corrected chi connectivity index (χ2v) is 4.70. The molecule has 6 nitrogen and oxygen atoms in total. The number of nitrogens with one attached hydrogen (secondary N) is 1. The van der Waals surface area contributed by atoms with Crippen LogP contribution in [0.2, 0.25) is 0 Å². The molecule has 1 unspecified atom stereocenters. The van der Waals surface area contributed by atoms with Crippen molar-refractivity contribution in [3.8, 4) is 6.07 Å². The fourth-order valence-corrected chi connectivity index (χ4v) is 1.22. The molecule has 102 valence electrons. The van der Waals surface area contributed by atoms with Gasteiger partial charge in [-0.1, -0.05) is 13.8 Å². The number of carbonyl (C=O) groups excluding carboxylic acids is 2. The molecule has 0 rings (SSSR count). The lowest BCUT2D eigenvalue weighted by atomic mass is 10.1. The van der Waals surface area contributed by atoms with Crippen LogP contribution in [0, 0.1) is 17.2 Å². The first-order valence-electron chi connectivity index (χ1n) is 5.97. The summed E-state index contributed by atoms with van der Waals surface area (Å²) in [6, 6.07) is 1.22. The largest absolute Gasteiger partial charge is 0.346 e. The van der Waals surface area contributed by atoms with E-state index in [1.165, 1.54) is 4.90 Å². The Morgan fingerprint density at radius 2 is 1.94 bits per heavy atom. The number of hydrogen-bond acceptors (Lipinski definition) is 4. The van der Waals surface area contributed by atoms with Gasteiger partial charge in [0.15, 0.2) is 0 Å². The van der Waals surface area contributed by atoms with E-state index in [0.29, 0.717) is 0 Å². The Kier molecular flexibility index (Phi) is 6.98. The Morgan fingerprint density at radius 3 is 2.39 bits per heavy atom. The Morgan fingerprint density at radius 1 is 1.39 bits per heavy atom. The summed E-state index contributed by atoms with van der Waals surface area (Å²) in [6.07, 6.45) is 0.266. The highest BCUT2D eigenvalue weighted by Gasteiger charge is 2.20. The van der Waals surface area contributed by atoms with Crippen LogP contribution in [0.5, 0.6) is 0 Å². The van der Waals surface area contributed by atoms with Crippen molar-refractivity contribution in [3.63, 3.8) is 0 Å². The second-order valence-electron chi connectivity index (χ2n) is 4.70. The van der Waals surface area contributed by atoms with Gasteiger partial charge in [-0.2, -0.15) is 5.26 Å². The molecule has 2 amide bonds. The number of hydrogen-bond donors (Lipinski definition) is 2. The number of carbonyl (C=O) groups is 2. The van der Waals surface area contributed by atoms with Gasteiger partial charge >= 0.3 is 0 Å². The normalized spacial score (nSPS) is 13.6. The van der Waals surface area contributed by atoms with E-state index in [1.807, 2.05) is 19.9 Å². The standard InChI is InChI=1S/C12H22N4O2/c1-8(2)11(14)12(18)15-7-10(17)16(4)9(3)5-6-13/h8-9,11H,5,7,14H2,1-4H3,(H,15,18)/t9?,11-/m0/s1. The SMILES string of the molecule is CC(C)[C@H](N)C(=O)NCC(=O)N(C)C(C)CC#N. The monoisotopic (exact) mass is 254 g/mol. The molecule has 0 aromatic carbocycles. The molecule has 2 atom stereocenters. The summed E-state index contributed by atoms with van der Waals surface area (Å²) < 4.78 is 0. The second kappa shape index (κ2) is 7.67. The fraction of sp³-hybridized carbons (Fsp3) is 0.750. The van der Waals surface area contributed by atoms with Gasteiger partial charge in [0.1, 0.15) is 0 Å². The highest BCUT2D eigenvalue weighted by Crippen LogP contribution is 2.01. The zero-order valence-electron chi connectivity index (χ0n) is 11.4. The van der Waals surface area contributed by atoms with Crippen molar-refractivity contribution >= 4 is 11.8 Å². The van der Waals surface area contributed by atoms with Gasteiger partial charge in [0, 0.05) is 13.1 Å². The first-order chi connectivity index (χ1) is 8.31. The van der Waals surface area contributed by atoms with Crippen LogP contribution in [0.15, 0.2) is 0 Å². The van der Waals surface area contributed by atoms with E-state index in [0.717, 1.165) is 0 Å². The molecule has 0 aliphatic carbocycles. The molecule has 6 heteroatoms. The molecule has 0 radical (unpaired) electrons. The van der Waals surface area contributed by atoms with E-state index in [1.54, 1.807) is 14.0 Å². The van der Waals surface area contributed by atoms with Gasteiger partial charge in [-0.15, -0.1) is 0 Å². The van der Waals surface area contributed by atoms with Gasteiger partial charge in [0.05, 0.1) is 25.1 Å². The van der Waals surface area contributed by atoms with Crippen LogP contribution < -0.4 is 11.1 Å². The molecule has 0 saturated carbocycles. The minimum absolute atomic E-state index is 0.0235. The van der Waals surface area contributed by atoms with Crippen LogP contribution in [0.4, 0.5) is 0 Å². The third-order valence-corrected chi connectivity index (χ3v) is 2.88. The smallest absolute Gasteiger partial charge is 0.241 e.